The van der Waals surface area contributed by atoms with Crippen LogP contribution in [0.15, 0.2) is 0 Å². The molecule has 0 N–H and O–H groups in total. The summed E-state index contributed by atoms with van der Waals surface area (Å²) in [6.07, 6.45) is 1.37. The monoisotopic (exact) mass is 190 g/mol. The van der Waals surface area contributed by atoms with E-state index in [2.05, 4.69) is 27.9 Å². The van der Waals surface area contributed by atoms with Gasteiger partial charge in [0.25, 0.3) is 0 Å². The molecule has 2 heterocycles. The fraction of sp³-hybridized carbons (Fsp3) is 1.00. The molecule has 0 amide bonds. The van der Waals surface area contributed by atoms with Gasteiger partial charge >= 0.3 is 0 Å². The molecule has 2 aliphatic rings. The van der Waals surface area contributed by atoms with Gasteiger partial charge in [-0.1, -0.05) is 11.7 Å². The summed E-state index contributed by atoms with van der Waals surface area (Å²) < 4.78 is 2.36. The summed E-state index contributed by atoms with van der Waals surface area (Å²) in [6.45, 7) is 5.04. The normalized spacial score (nSPS) is 31.1. The third kappa shape index (κ3) is 1.41. The largest absolute Gasteiger partial charge is 0.305 e. The molecule has 0 bridgehead atoms. The van der Waals surface area contributed by atoms with Crippen molar-refractivity contribution in [1.29, 1.82) is 0 Å². The maximum absolute atomic E-state index is 4.21. The van der Waals surface area contributed by atoms with Gasteiger partial charge in [-0.15, -0.1) is 0 Å². The summed E-state index contributed by atoms with van der Waals surface area (Å²) in [5, 5.41) is 0. The maximum atomic E-state index is 4.21. The van der Waals surface area contributed by atoms with E-state index in [1.54, 1.807) is 11.0 Å². The van der Waals surface area contributed by atoms with Crippen LogP contribution in [0.2, 0.25) is 0 Å². The van der Waals surface area contributed by atoms with Crippen LogP contribution in [0.4, 0.5) is 0 Å². The number of likely N-dealkylation sites (tertiary alicyclic amines) is 1. The van der Waals surface area contributed by atoms with Crippen LogP contribution in [0.1, 0.15) is 6.42 Å². The second kappa shape index (κ2) is 2.83. The molecule has 0 radical (unpaired) electrons. The Morgan fingerprint density at radius 1 is 1.36 bits per heavy atom. The molecule has 2 aliphatic heterocycles. The molecule has 2 nitrogen and oxygen atoms in total. The highest BCUT2D eigenvalue weighted by Crippen LogP contribution is 2.41. The standard InChI is InChI=1S/C7H14N2S2/c1-8-4-7(5-8)2-3-9(6-7)11-10/h10H,2-6H2,1H3. The van der Waals surface area contributed by atoms with E-state index in [4.69, 9.17) is 0 Å². The summed E-state index contributed by atoms with van der Waals surface area (Å²) in [5.74, 6) is 0. The van der Waals surface area contributed by atoms with Gasteiger partial charge < -0.3 is 4.90 Å². The smallest absolute Gasteiger partial charge is 0.0179 e. The number of nitrogens with zero attached hydrogens (tertiary/aromatic N) is 2. The molecule has 0 aromatic heterocycles. The van der Waals surface area contributed by atoms with Crippen LogP contribution in [0.5, 0.6) is 0 Å². The highest BCUT2D eigenvalue weighted by Gasteiger charge is 2.45. The Labute approximate surface area is 77.3 Å². The molecule has 0 atom stereocenters. The third-order valence-electron chi connectivity index (χ3n) is 2.73. The van der Waals surface area contributed by atoms with E-state index in [-0.39, 0.29) is 0 Å². The molecule has 0 unspecified atom stereocenters. The third-order valence-corrected chi connectivity index (χ3v) is 3.96. The maximum Gasteiger partial charge on any atom is 0.0179 e. The van der Waals surface area contributed by atoms with Crippen LogP contribution in [0, 0.1) is 5.41 Å². The van der Waals surface area contributed by atoms with Crippen molar-refractivity contribution >= 4 is 22.6 Å². The average Bonchev–Trinajstić information content (AvgIpc) is 2.31. The van der Waals surface area contributed by atoms with Gasteiger partial charge in [0.05, 0.1) is 0 Å². The lowest BCUT2D eigenvalue weighted by Gasteiger charge is -2.46. The van der Waals surface area contributed by atoms with Gasteiger partial charge in [-0.2, -0.15) is 0 Å². The van der Waals surface area contributed by atoms with Crippen molar-refractivity contribution in [3.63, 3.8) is 0 Å². The molecule has 2 fully saturated rings. The summed E-state index contributed by atoms with van der Waals surface area (Å²) in [4.78, 5) is 2.40. The lowest BCUT2D eigenvalue weighted by molar-refractivity contribution is 0.0369. The van der Waals surface area contributed by atoms with Gasteiger partial charge in [0.2, 0.25) is 0 Å². The van der Waals surface area contributed by atoms with Crippen LogP contribution < -0.4 is 0 Å². The van der Waals surface area contributed by atoms with E-state index < -0.39 is 0 Å². The molecule has 0 saturated carbocycles. The predicted molar refractivity (Wildman–Crippen MR) is 52.7 cm³/mol. The van der Waals surface area contributed by atoms with Crippen molar-refractivity contribution in [1.82, 2.24) is 9.21 Å². The Morgan fingerprint density at radius 3 is 2.55 bits per heavy atom. The van der Waals surface area contributed by atoms with E-state index in [9.17, 15) is 0 Å². The van der Waals surface area contributed by atoms with Crippen molar-refractivity contribution in [3.8, 4) is 0 Å². The first-order chi connectivity index (χ1) is 5.24. The van der Waals surface area contributed by atoms with Gasteiger partial charge in [-0.05, 0) is 24.4 Å². The van der Waals surface area contributed by atoms with Crippen molar-refractivity contribution in [2.24, 2.45) is 5.41 Å². The molecule has 1 spiro atoms. The van der Waals surface area contributed by atoms with Crippen molar-refractivity contribution < 1.29 is 0 Å². The van der Waals surface area contributed by atoms with Crippen LogP contribution in [0.25, 0.3) is 0 Å². The van der Waals surface area contributed by atoms with Gasteiger partial charge in [-0.25, -0.2) is 4.31 Å². The Balaban J connectivity index is 1.89. The summed E-state index contributed by atoms with van der Waals surface area (Å²) in [5.41, 5.74) is 0.643. The molecule has 2 rings (SSSR count). The van der Waals surface area contributed by atoms with Crippen molar-refractivity contribution in [3.05, 3.63) is 0 Å². The van der Waals surface area contributed by atoms with Crippen LogP contribution in [0.3, 0.4) is 0 Å². The van der Waals surface area contributed by atoms with E-state index in [1.807, 2.05) is 0 Å². The lowest BCUT2D eigenvalue weighted by Crippen LogP contribution is -2.55. The zero-order chi connectivity index (χ0) is 7.90. The van der Waals surface area contributed by atoms with Gasteiger partial charge in [-0.3, -0.25) is 0 Å². The fourth-order valence-electron chi connectivity index (χ4n) is 2.32. The molecule has 4 heteroatoms. The lowest BCUT2D eigenvalue weighted by atomic mass is 9.80. The molecular weight excluding hydrogens is 176 g/mol. The molecular formula is C7H14N2S2. The highest BCUT2D eigenvalue weighted by molar-refractivity contribution is 8.67. The van der Waals surface area contributed by atoms with E-state index >= 15 is 0 Å². The number of hydrogen-bond acceptors (Lipinski definition) is 4. The van der Waals surface area contributed by atoms with Gasteiger partial charge in [0.1, 0.15) is 0 Å². The first-order valence-corrected chi connectivity index (χ1v) is 5.82. The first kappa shape index (κ1) is 8.23. The van der Waals surface area contributed by atoms with Crippen molar-refractivity contribution in [2.75, 3.05) is 33.2 Å². The Morgan fingerprint density at radius 2 is 2.09 bits per heavy atom. The Hall–Kier alpha value is 0.620. The first-order valence-electron chi connectivity index (χ1n) is 3.99. The van der Waals surface area contributed by atoms with E-state index in [1.165, 1.54) is 32.6 Å². The molecule has 64 valence electrons. The zero-order valence-electron chi connectivity index (χ0n) is 6.79. The summed E-state index contributed by atoms with van der Waals surface area (Å²) in [7, 11) is 3.79. The molecule has 2 saturated heterocycles. The number of thiol groups is 1. The minimum Gasteiger partial charge on any atom is -0.305 e. The Bertz CT molecular complexity index is 157. The van der Waals surface area contributed by atoms with Crippen molar-refractivity contribution in [2.45, 2.75) is 6.42 Å². The topological polar surface area (TPSA) is 6.48 Å². The van der Waals surface area contributed by atoms with E-state index in [0.717, 1.165) is 0 Å². The fourth-order valence-corrected chi connectivity index (χ4v) is 3.24. The molecule has 0 aliphatic carbocycles. The minimum atomic E-state index is 0.643. The van der Waals surface area contributed by atoms with Crippen LogP contribution in [-0.2, 0) is 0 Å². The number of rotatable bonds is 1. The van der Waals surface area contributed by atoms with Gasteiger partial charge in [0.15, 0.2) is 0 Å². The Kier molecular flexibility index (Phi) is 2.12. The molecule has 0 aromatic carbocycles. The predicted octanol–water partition coefficient (Wildman–Crippen LogP) is 1.12. The quantitative estimate of drug-likeness (QED) is 0.376. The number of hydrogen-bond donors (Lipinski definition) is 1. The SMILES string of the molecule is CN1CC2(CCN(SS)C2)C1. The zero-order valence-corrected chi connectivity index (χ0v) is 8.50. The molecule has 0 aromatic rings. The van der Waals surface area contributed by atoms with Gasteiger partial charge in [0, 0.05) is 31.6 Å². The van der Waals surface area contributed by atoms with Crippen LogP contribution in [-0.4, -0.2) is 42.4 Å². The van der Waals surface area contributed by atoms with Crippen LogP contribution >= 0.6 is 22.6 Å². The summed E-state index contributed by atoms with van der Waals surface area (Å²) in [6, 6.07) is 0. The van der Waals surface area contributed by atoms with E-state index in [0.29, 0.717) is 5.41 Å². The molecule has 11 heavy (non-hydrogen) atoms. The second-order valence-corrected chi connectivity index (χ2v) is 5.04. The minimum absolute atomic E-state index is 0.643. The summed E-state index contributed by atoms with van der Waals surface area (Å²) >= 11 is 4.21. The second-order valence-electron chi connectivity index (χ2n) is 3.87. The highest BCUT2D eigenvalue weighted by atomic mass is 33.1. The average molecular weight is 190 g/mol.